The Labute approximate surface area is 61.0 Å². The summed E-state index contributed by atoms with van der Waals surface area (Å²) in [6, 6.07) is 0.247. The Hall–Kier alpha value is 0.270. The Morgan fingerprint density at radius 3 is 2.78 bits per heavy atom. The van der Waals surface area contributed by atoms with Crippen molar-refractivity contribution in [2.45, 2.75) is 13.0 Å². The van der Waals surface area contributed by atoms with Gasteiger partial charge in [0, 0.05) is 18.3 Å². The van der Waals surface area contributed by atoms with Crippen LogP contribution in [-0.2, 0) is 0 Å². The maximum Gasteiger partial charge on any atom is 0.0581 e. The van der Waals surface area contributed by atoms with E-state index in [1.54, 1.807) is 0 Å². The van der Waals surface area contributed by atoms with E-state index >= 15 is 0 Å². The maximum atomic E-state index is 8.56. The summed E-state index contributed by atoms with van der Waals surface area (Å²) in [7, 11) is 0. The summed E-state index contributed by atoms with van der Waals surface area (Å²) in [4.78, 5) is 0. The molecular weight excluding hydrogens is 134 g/mol. The summed E-state index contributed by atoms with van der Waals surface area (Å²) in [5, 5.41) is 11.7. The molecule has 0 heterocycles. The lowest BCUT2D eigenvalue weighted by Gasteiger charge is -2.08. The van der Waals surface area contributed by atoms with Crippen LogP contribution in [0.4, 0.5) is 0 Å². The highest BCUT2D eigenvalue weighted by Gasteiger charge is 1.94. The second-order valence-corrected chi connectivity index (χ2v) is 3.02. The lowest BCUT2D eigenvalue weighted by atomic mass is 10.4. The van der Waals surface area contributed by atoms with Gasteiger partial charge in [0.15, 0.2) is 0 Å². The zero-order valence-corrected chi connectivity index (χ0v) is 6.87. The molecule has 0 rings (SSSR count). The molecule has 2 nitrogen and oxygen atoms in total. The molecule has 0 aliphatic carbocycles. The number of thioether (sulfide) groups is 1. The van der Waals surface area contributed by atoms with Crippen molar-refractivity contribution in [2.24, 2.45) is 0 Å². The van der Waals surface area contributed by atoms with E-state index in [0.717, 1.165) is 12.3 Å². The van der Waals surface area contributed by atoms with Crippen LogP contribution in [0, 0.1) is 0 Å². The van der Waals surface area contributed by atoms with Crippen LogP contribution in [0.5, 0.6) is 0 Å². The summed E-state index contributed by atoms with van der Waals surface area (Å²) in [6.07, 6.45) is 2.07. The second-order valence-electron chi connectivity index (χ2n) is 2.03. The molecule has 0 aromatic carbocycles. The van der Waals surface area contributed by atoms with Crippen molar-refractivity contribution < 1.29 is 5.11 Å². The first-order valence-corrected chi connectivity index (χ1v) is 4.53. The fourth-order valence-electron chi connectivity index (χ4n) is 0.472. The highest BCUT2D eigenvalue weighted by atomic mass is 32.2. The molecule has 0 saturated heterocycles. The van der Waals surface area contributed by atoms with Crippen LogP contribution < -0.4 is 5.32 Å². The van der Waals surface area contributed by atoms with E-state index in [0.29, 0.717) is 0 Å². The summed E-state index contributed by atoms with van der Waals surface area (Å²) >= 11 is 1.81. The molecule has 0 fully saturated rings. The molecule has 0 aliphatic rings. The largest absolute Gasteiger partial charge is 0.395 e. The Bertz CT molecular complexity index is 61.0. The molecule has 1 unspecified atom stereocenters. The van der Waals surface area contributed by atoms with Gasteiger partial charge in [-0.2, -0.15) is 11.8 Å². The third-order valence-corrected chi connectivity index (χ3v) is 1.69. The van der Waals surface area contributed by atoms with Gasteiger partial charge in [-0.3, -0.25) is 0 Å². The smallest absolute Gasteiger partial charge is 0.0581 e. The molecule has 9 heavy (non-hydrogen) atoms. The van der Waals surface area contributed by atoms with Crippen LogP contribution in [0.2, 0.25) is 0 Å². The lowest BCUT2D eigenvalue weighted by molar-refractivity contribution is 0.254. The summed E-state index contributed by atoms with van der Waals surface area (Å²) < 4.78 is 0. The SMILES string of the molecule is CSCCNC(C)CO. The molecular formula is C6H15NOS. The summed E-state index contributed by atoms with van der Waals surface area (Å²) in [5.74, 6) is 1.12. The summed E-state index contributed by atoms with van der Waals surface area (Å²) in [6.45, 7) is 3.19. The van der Waals surface area contributed by atoms with E-state index in [-0.39, 0.29) is 12.6 Å². The Morgan fingerprint density at radius 1 is 1.67 bits per heavy atom. The summed E-state index contributed by atoms with van der Waals surface area (Å²) in [5.41, 5.74) is 0. The molecule has 0 aromatic heterocycles. The fourth-order valence-corrected chi connectivity index (χ4v) is 0.794. The van der Waals surface area contributed by atoms with Gasteiger partial charge in [-0.15, -0.1) is 0 Å². The first-order valence-electron chi connectivity index (χ1n) is 3.14. The van der Waals surface area contributed by atoms with E-state index in [1.807, 2.05) is 18.7 Å². The predicted molar refractivity (Wildman–Crippen MR) is 42.9 cm³/mol. The van der Waals surface area contributed by atoms with Gasteiger partial charge in [0.05, 0.1) is 6.61 Å². The number of hydrogen-bond donors (Lipinski definition) is 2. The van der Waals surface area contributed by atoms with Crippen LogP contribution in [0.3, 0.4) is 0 Å². The highest BCUT2D eigenvalue weighted by molar-refractivity contribution is 7.98. The predicted octanol–water partition coefficient (Wildman–Crippen LogP) is 0.320. The molecule has 0 amide bonds. The van der Waals surface area contributed by atoms with Crippen LogP contribution in [0.15, 0.2) is 0 Å². The monoisotopic (exact) mass is 149 g/mol. The first-order chi connectivity index (χ1) is 4.31. The van der Waals surface area contributed by atoms with Crippen LogP contribution in [-0.4, -0.2) is 36.3 Å². The minimum absolute atomic E-state index is 0.231. The van der Waals surface area contributed by atoms with E-state index < -0.39 is 0 Å². The quantitative estimate of drug-likeness (QED) is 0.552. The Kier molecular flexibility index (Phi) is 6.58. The van der Waals surface area contributed by atoms with E-state index in [9.17, 15) is 0 Å². The molecule has 3 heteroatoms. The minimum atomic E-state index is 0.231. The number of nitrogens with one attached hydrogen (secondary N) is 1. The van der Waals surface area contributed by atoms with Crippen molar-refractivity contribution in [3.05, 3.63) is 0 Å². The van der Waals surface area contributed by atoms with Crippen LogP contribution in [0.1, 0.15) is 6.92 Å². The zero-order chi connectivity index (χ0) is 7.11. The van der Waals surface area contributed by atoms with Gasteiger partial charge < -0.3 is 10.4 Å². The van der Waals surface area contributed by atoms with Gasteiger partial charge in [-0.05, 0) is 13.2 Å². The maximum absolute atomic E-state index is 8.56. The number of aliphatic hydroxyl groups is 1. The van der Waals surface area contributed by atoms with Crippen molar-refractivity contribution >= 4 is 11.8 Å². The standard InChI is InChI=1S/C6H15NOS/c1-6(5-8)7-3-4-9-2/h6-8H,3-5H2,1-2H3. The van der Waals surface area contributed by atoms with Crippen molar-refractivity contribution in [3.63, 3.8) is 0 Å². The second kappa shape index (κ2) is 6.39. The molecule has 0 aliphatic heterocycles. The van der Waals surface area contributed by atoms with Gasteiger partial charge in [-0.1, -0.05) is 0 Å². The molecule has 0 radical (unpaired) electrons. The third-order valence-electron chi connectivity index (χ3n) is 1.07. The first kappa shape index (κ1) is 9.27. The topological polar surface area (TPSA) is 32.3 Å². The number of aliphatic hydroxyl groups excluding tert-OH is 1. The highest BCUT2D eigenvalue weighted by Crippen LogP contribution is 1.88. The average molecular weight is 149 g/mol. The van der Waals surface area contributed by atoms with Crippen molar-refractivity contribution in [3.8, 4) is 0 Å². The van der Waals surface area contributed by atoms with Crippen molar-refractivity contribution in [1.29, 1.82) is 0 Å². The van der Waals surface area contributed by atoms with E-state index in [4.69, 9.17) is 5.11 Å². The normalized spacial score (nSPS) is 13.7. The van der Waals surface area contributed by atoms with Gasteiger partial charge in [0.1, 0.15) is 0 Å². The number of rotatable bonds is 5. The van der Waals surface area contributed by atoms with Crippen molar-refractivity contribution in [2.75, 3.05) is 25.2 Å². The Morgan fingerprint density at radius 2 is 2.33 bits per heavy atom. The molecule has 0 saturated carbocycles. The molecule has 0 spiro atoms. The van der Waals surface area contributed by atoms with Gasteiger partial charge in [0.2, 0.25) is 0 Å². The number of hydrogen-bond acceptors (Lipinski definition) is 3. The van der Waals surface area contributed by atoms with E-state index in [1.165, 1.54) is 0 Å². The molecule has 1 atom stereocenters. The Balaban J connectivity index is 2.88. The van der Waals surface area contributed by atoms with Crippen LogP contribution in [0.25, 0.3) is 0 Å². The zero-order valence-electron chi connectivity index (χ0n) is 6.05. The van der Waals surface area contributed by atoms with Crippen molar-refractivity contribution in [1.82, 2.24) is 5.32 Å². The average Bonchev–Trinajstić information content (AvgIpc) is 1.89. The fraction of sp³-hybridized carbons (Fsp3) is 1.00. The van der Waals surface area contributed by atoms with Gasteiger partial charge in [0.25, 0.3) is 0 Å². The minimum Gasteiger partial charge on any atom is -0.395 e. The molecule has 2 N–H and O–H groups in total. The van der Waals surface area contributed by atoms with E-state index in [2.05, 4.69) is 11.6 Å². The van der Waals surface area contributed by atoms with Gasteiger partial charge in [-0.25, -0.2) is 0 Å². The van der Waals surface area contributed by atoms with Crippen LogP contribution >= 0.6 is 11.8 Å². The molecule has 56 valence electrons. The molecule has 0 bridgehead atoms. The molecule has 0 aromatic rings. The lowest BCUT2D eigenvalue weighted by Crippen LogP contribution is -2.30. The third kappa shape index (κ3) is 6.15. The van der Waals surface area contributed by atoms with Gasteiger partial charge >= 0.3 is 0 Å².